The minimum absolute atomic E-state index is 0.0711. The van der Waals surface area contributed by atoms with Crippen molar-refractivity contribution in [3.8, 4) is 0 Å². The number of hydrogen-bond acceptors (Lipinski definition) is 2. The summed E-state index contributed by atoms with van der Waals surface area (Å²) in [6.07, 6.45) is -0.361. The maximum Gasteiger partial charge on any atom is 0.311 e. The normalized spacial score (nSPS) is 15.0. The first-order valence-electron chi connectivity index (χ1n) is 7.60. The Morgan fingerprint density at radius 2 is 1.75 bits per heavy atom. The van der Waals surface area contributed by atoms with Gasteiger partial charge in [0, 0.05) is 17.4 Å². The van der Waals surface area contributed by atoms with Gasteiger partial charge in [-0.1, -0.05) is 48.5 Å². The van der Waals surface area contributed by atoms with Crippen molar-refractivity contribution < 1.29 is 19.4 Å². The Balaban J connectivity index is 1.81. The van der Waals surface area contributed by atoms with Crippen LogP contribution in [0.25, 0.3) is 10.9 Å². The molecule has 0 spiro atoms. The molecule has 5 nitrogen and oxygen atoms in total. The molecule has 0 radical (unpaired) electrons. The van der Waals surface area contributed by atoms with Crippen LogP contribution in [0.5, 0.6) is 0 Å². The second-order valence-electron chi connectivity index (χ2n) is 5.87. The van der Waals surface area contributed by atoms with E-state index in [4.69, 9.17) is 0 Å². The number of carbonyl (C=O) groups is 1. The van der Waals surface area contributed by atoms with Gasteiger partial charge < -0.3 is 15.0 Å². The lowest BCUT2D eigenvalue weighted by molar-refractivity contribution is -0.138. The van der Waals surface area contributed by atoms with Crippen molar-refractivity contribution in [2.75, 3.05) is 6.16 Å². The van der Waals surface area contributed by atoms with E-state index < -0.39 is 19.3 Å². The van der Waals surface area contributed by atoms with Crippen LogP contribution in [0.1, 0.15) is 17.2 Å². The van der Waals surface area contributed by atoms with Gasteiger partial charge >= 0.3 is 5.97 Å². The van der Waals surface area contributed by atoms with E-state index in [0.717, 1.165) is 10.9 Å². The lowest BCUT2D eigenvalue weighted by Crippen LogP contribution is -2.16. The summed E-state index contributed by atoms with van der Waals surface area (Å²) in [5.74, 6) is -2.08. The molecule has 0 aliphatic heterocycles. The summed E-state index contributed by atoms with van der Waals surface area (Å²) in [4.78, 5) is 25.0. The van der Waals surface area contributed by atoms with E-state index in [1.807, 2.05) is 30.3 Å². The fourth-order valence-electron chi connectivity index (χ4n) is 2.85. The minimum Gasteiger partial charge on any atom is -0.481 e. The van der Waals surface area contributed by atoms with Crippen molar-refractivity contribution in [1.29, 1.82) is 0 Å². The number of aromatic nitrogens is 1. The van der Waals surface area contributed by atoms with E-state index in [-0.39, 0.29) is 12.3 Å². The van der Waals surface area contributed by atoms with Crippen molar-refractivity contribution in [3.05, 3.63) is 71.9 Å². The van der Waals surface area contributed by atoms with Crippen LogP contribution in [0.2, 0.25) is 0 Å². The molecule has 1 aromatic heterocycles. The van der Waals surface area contributed by atoms with Crippen LogP contribution in [0.15, 0.2) is 60.7 Å². The van der Waals surface area contributed by atoms with Gasteiger partial charge in [0.25, 0.3) is 0 Å². The van der Waals surface area contributed by atoms with Crippen LogP contribution in [-0.4, -0.2) is 27.1 Å². The number of aliphatic carboxylic acids is 1. The topological polar surface area (TPSA) is 90.4 Å². The van der Waals surface area contributed by atoms with Gasteiger partial charge in [-0.2, -0.15) is 0 Å². The molecule has 0 amide bonds. The molecule has 2 unspecified atom stereocenters. The summed E-state index contributed by atoms with van der Waals surface area (Å²) in [5, 5.41) is 10.4. The van der Waals surface area contributed by atoms with Crippen molar-refractivity contribution in [1.82, 2.24) is 4.98 Å². The highest BCUT2D eigenvalue weighted by Crippen LogP contribution is 2.48. The maximum absolute atomic E-state index is 12.6. The number of H-pyrrole nitrogens is 1. The van der Waals surface area contributed by atoms with E-state index in [0.29, 0.717) is 11.3 Å². The zero-order valence-electron chi connectivity index (χ0n) is 12.9. The number of hydrogen-bond donors (Lipinski definition) is 3. The summed E-state index contributed by atoms with van der Waals surface area (Å²) in [7, 11) is -3.66. The zero-order valence-corrected chi connectivity index (χ0v) is 13.8. The lowest BCUT2D eigenvalue weighted by Gasteiger charge is -2.17. The first-order valence-corrected chi connectivity index (χ1v) is 9.63. The molecule has 2 atom stereocenters. The van der Waals surface area contributed by atoms with Gasteiger partial charge in [-0.05, 0) is 23.1 Å². The third-order valence-electron chi connectivity index (χ3n) is 3.97. The smallest absolute Gasteiger partial charge is 0.311 e. The average Bonchev–Trinajstić information content (AvgIpc) is 2.94. The van der Waals surface area contributed by atoms with Crippen molar-refractivity contribution >= 4 is 24.2 Å². The van der Waals surface area contributed by atoms with Gasteiger partial charge in [-0.3, -0.25) is 9.36 Å². The summed E-state index contributed by atoms with van der Waals surface area (Å²) >= 11 is 0. The first-order chi connectivity index (χ1) is 11.4. The molecule has 24 heavy (non-hydrogen) atoms. The highest BCUT2D eigenvalue weighted by Gasteiger charge is 2.30. The zero-order chi connectivity index (χ0) is 17.2. The van der Waals surface area contributed by atoms with Crippen molar-refractivity contribution in [3.63, 3.8) is 0 Å². The second kappa shape index (κ2) is 6.63. The molecule has 0 saturated heterocycles. The summed E-state index contributed by atoms with van der Waals surface area (Å²) in [6, 6.07) is 18.0. The largest absolute Gasteiger partial charge is 0.481 e. The van der Waals surface area contributed by atoms with E-state index in [9.17, 15) is 19.4 Å². The molecule has 6 heteroatoms. The predicted molar refractivity (Wildman–Crippen MR) is 93.5 cm³/mol. The van der Waals surface area contributed by atoms with Crippen LogP contribution in [0.4, 0.5) is 0 Å². The predicted octanol–water partition coefficient (Wildman–Crippen LogP) is 3.81. The van der Waals surface area contributed by atoms with E-state index in [1.165, 1.54) is 0 Å². The number of rotatable bonds is 6. The van der Waals surface area contributed by atoms with Crippen LogP contribution in [0.3, 0.4) is 0 Å². The molecule has 124 valence electrons. The van der Waals surface area contributed by atoms with E-state index in [2.05, 4.69) is 4.98 Å². The Hall–Kier alpha value is -2.36. The summed E-state index contributed by atoms with van der Waals surface area (Å²) < 4.78 is 12.6. The molecule has 1 heterocycles. The Morgan fingerprint density at radius 1 is 1.08 bits per heavy atom. The molecule has 0 fully saturated rings. The third kappa shape index (κ3) is 3.75. The van der Waals surface area contributed by atoms with Gasteiger partial charge in [-0.25, -0.2) is 0 Å². The van der Waals surface area contributed by atoms with Crippen molar-refractivity contribution in [2.24, 2.45) is 0 Å². The Labute approximate surface area is 139 Å². The van der Waals surface area contributed by atoms with E-state index >= 15 is 0 Å². The van der Waals surface area contributed by atoms with Gasteiger partial charge in [0.1, 0.15) is 0 Å². The van der Waals surface area contributed by atoms with Crippen molar-refractivity contribution in [2.45, 2.75) is 12.1 Å². The number of benzene rings is 2. The molecule has 3 N–H and O–H groups in total. The molecule has 3 aromatic rings. The maximum atomic E-state index is 12.6. The fraction of sp³-hybridized carbons (Fsp3) is 0.167. The average molecular weight is 343 g/mol. The number of carboxylic acid groups (broad SMARTS) is 1. The molecule has 0 aliphatic rings. The molecule has 0 bridgehead atoms. The number of nitrogens with one attached hydrogen (secondary N) is 1. The van der Waals surface area contributed by atoms with Crippen LogP contribution < -0.4 is 0 Å². The number of aromatic amines is 1. The molecule has 2 aromatic carbocycles. The van der Waals surface area contributed by atoms with E-state index in [1.54, 1.807) is 30.3 Å². The Morgan fingerprint density at radius 3 is 2.42 bits per heavy atom. The molecule has 0 aliphatic carbocycles. The molecular formula is C18H18NO4P. The highest BCUT2D eigenvalue weighted by molar-refractivity contribution is 7.57. The lowest BCUT2D eigenvalue weighted by atomic mass is 10.0. The summed E-state index contributed by atoms with van der Waals surface area (Å²) in [6.45, 7) is 0. The second-order valence-corrected chi connectivity index (χ2v) is 8.24. The summed E-state index contributed by atoms with van der Waals surface area (Å²) in [5.41, 5.74) is 2.07. The SMILES string of the molecule is O=C(O)C(CP(=O)(O)Cc1cc2ccccc2[nH]1)c1ccccc1. The number of fused-ring (bicyclic) bond motifs is 1. The quantitative estimate of drug-likeness (QED) is 0.594. The van der Waals surface area contributed by atoms with Gasteiger partial charge in [-0.15, -0.1) is 0 Å². The molecule has 3 rings (SSSR count). The first kappa shape index (κ1) is 16.5. The van der Waals surface area contributed by atoms with Gasteiger partial charge in [0.2, 0.25) is 7.37 Å². The fourth-order valence-corrected chi connectivity index (χ4v) is 4.62. The monoisotopic (exact) mass is 343 g/mol. The third-order valence-corrected chi connectivity index (χ3v) is 5.74. The highest BCUT2D eigenvalue weighted by atomic mass is 31.2. The molecule has 0 saturated carbocycles. The minimum atomic E-state index is -3.66. The van der Waals surface area contributed by atoms with Gasteiger partial charge in [0.05, 0.1) is 12.1 Å². The number of carboxylic acids is 1. The van der Waals surface area contributed by atoms with Crippen LogP contribution >= 0.6 is 7.37 Å². The van der Waals surface area contributed by atoms with Crippen LogP contribution in [0, 0.1) is 0 Å². The number of para-hydroxylation sites is 1. The Kier molecular flexibility index (Phi) is 4.56. The van der Waals surface area contributed by atoms with Gasteiger partial charge in [0.15, 0.2) is 0 Å². The Bertz CT molecular complexity index is 871. The van der Waals surface area contributed by atoms with Crippen LogP contribution in [-0.2, 0) is 15.5 Å². The standard InChI is InChI=1S/C18H18NO4P/c20-18(21)16(13-6-2-1-3-7-13)12-24(22,23)11-15-10-14-8-4-5-9-17(14)19-15/h1-10,16,19H,11-12H2,(H,20,21)(H,22,23). The molecular weight excluding hydrogens is 325 g/mol.